The second-order valence-electron chi connectivity index (χ2n) is 5.77. The van der Waals surface area contributed by atoms with Crippen LogP contribution in [0.5, 0.6) is 12.0 Å². The number of rotatable bonds is 8. The number of hydrogen-bond acceptors (Lipinski definition) is 8. The summed E-state index contributed by atoms with van der Waals surface area (Å²) in [5, 5.41) is 21.5. The molecule has 0 radical (unpaired) electrons. The van der Waals surface area contributed by atoms with Crippen LogP contribution in [0, 0.1) is 0 Å². The zero-order chi connectivity index (χ0) is 20.5. The molecule has 5 N–H and O–H groups in total. The third-order valence-electron chi connectivity index (χ3n) is 3.67. The Kier molecular flexibility index (Phi) is 7.42. The first-order valence-corrected chi connectivity index (χ1v) is 8.89. The number of ether oxygens (including phenoxy) is 3. The highest BCUT2D eigenvalue weighted by molar-refractivity contribution is 6.30. The third kappa shape index (κ3) is 6.47. The summed E-state index contributed by atoms with van der Waals surface area (Å²) in [4.78, 5) is 14.9. The predicted octanol–water partition coefficient (Wildman–Crippen LogP) is 0.862. The van der Waals surface area contributed by atoms with Crippen LogP contribution < -0.4 is 9.47 Å². The molecule has 4 rings (SSSR count). The van der Waals surface area contributed by atoms with E-state index in [2.05, 4.69) is 19.9 Å². The van der Waals surface area contributed by atoms with E-state index in [4.69, 9.17) is 29.3 Å². The van der Waals surface area contributed by atoms with Gasteiger partial charge >= 0.3 is 7.32 Å². The first-order valence-electron chi connectivity index (χ1n) is 8.89. The zero-order valence-electron chi connectivity index (χ0n) is 15.5. The van der Waals surface area contributed by atoms with Crippen LogP contribution >= 0.6 is 0 Å². The standard InChI is InChI=1S/C18H18N4O3.BH3O3/c1-2-6-14-13(5-1)19-17(20-14)24-11-9-23-10-12-25-18-21-15-7-3-4-8-16(15)22-18;2-1(3)4/h1-8H,9-12H2,(H,19,20)(H,21,22);2-4H. The molecule has 2 heterocycles. The molecule has 11 heteroatoms. The fourth-order valence-corrected chi connectivity index (χ4v) is 2.49. The van der Waals surface area contributed by atoms with Gasteiger partial charge < -0.3 is 39.3 Å². The number of aromatic amines is 2. The molecule has 0 fully saturated rings. The minimum absolute atomic E-state index is 0.421. The van der Waals surface area contributed by atoms with Gasteiger partial charge in [-0.15, -0.1) is 0 Å². The second kappa shape index (κ2) is 10.4. The van der Waals surface area contributed by atoms with Crippen molar-refractivity contribution in [3.63, 3.8) is 0 Å². The summed E-state index contributed by atoms with van der Waals surface area (Å²) >= 11 is 0. The number of imidazole rings is 2. The summed E-state index contributed by atoms with van der Waals surface area (Å²) in [7, 11) is -2.17. The van der Waals surface area contributed by atoms with E-state index in [1.165, 1.54) is 0 Å². The zero-order valence-corrected chi connectivity index (χ0v) is 15.5. The lowest BCUT2D eigenvalue weighted by atomic mass is 10.3. The maximum Gasteiger partial charge on any atom is 0.631 e. The second-order valence-corrected chi connectivity index (χ2v) is 5.77. The summed E-state index contributed by atoms with van der Waals surface area (Å²) in [5.41, 5.74) is 3.69. The number of aromatic nitrogens is 4. The quantitative estimate of drug-likeness (QED) is 0.216. The van der Waals surface area contributed by atoms with E-state index < -0.39 is 7.32 Å². The maximum absolute atomic E-state index is 7.17. The summed E-state index contributed by atoms with van der Waals surface area (Å²) in [6.07, 6.45) is 0. The van der Waals surface area contributed by atoms with Gasteiger partial charge in [-0.1, -0.05) is 24.3 Å². The average molecular weight is 400 g/mol. The monoisotopic (exact) mass is 400 g/mol. The van der Waals surface area contributed by atoms with Gasteiger partial charge in [0.05, 0.1) is 35.3 Å². The molecule has 0 saturated heterocycles. The van der Waals surface area contributed by atoms with E-state index in [1.807, 2.05) is 48.5 Å². The molecular formula is C18H21BN4O6. The molecule has 0 aliphatic rings. The third-order valence-corrected chi connectivity index (χ3v) is 3.67. The van der Waals surface area contributed by atoms with Crippen LogP contribution in [-0.4, -0.2) is 68.8 Å². The fourth-order valence-electron chi connectivity index (χ4n) is 2.49. The average Bonchev–Trinajstić information content (AvgIpc) is 3.29. The highest BCUT2D eigenvalue weighted by atomic mass is 16.6. The highest BCUT2D eigenvalue weighted by Crippen LogP contribution is 2.15. The van der Waals surface area contributed by atoms with E-state index >= 15 is 0 Å². The molecule has 2 aromatic carbocycles. The van der Waals surface area contributed by atoms with Crippen molar-refractivity contribution in [2.24, 2.45) is 0 Å². The minimum atomic E-state index is -2.17. The Labute approximate surface area is 166 Å². The summed E-state index contributed by atoms with van der Waals surface area (Å²) in [5.74, 6) is 0. The lowest BCUT2D eigenvalue weighted by Crippen LogP contribution is -2.12. The van der Waals surface area contributed by atoms with Crippen molar-refractivity contribution in [3.8, 4) is 12.0 Å². The van der Waals surface area contributed by atoms with E-state index in [0.717, 1.165) is 22.1 Å². The highest BCUT2D eigenvalue weighted by Gasteiger charge is 2.03. The molecule has 2 aromatic heterocycles. The SMILES string of the molecule is OB(O)O.c1ccc2[nH]c(OCCOCCOc3nc4ccccc4[nH]3)nc2c1. The van der Waals surface area contributed by atoms with Crippen molar-refractivity contribution in [1.29, 1.82) is 0 Å². The van der Waals surface area contributed by atoms with Gasteiger partial charge in [-0.3, -0.25) is 0 Å². The molecule has 0 saturated carbocycles. The van der Waals surface area contributed by atoms with Crippen molar-refractivity contribution in [3.05, 3.63) is 48.5 Å². The largest absolute Gasteiger partial charge is 0.631 e. The number of para-hydroxylation sites is 4. The lowest BCUT2D eigenvalue weighted by molar-refractivity contribution is 0.0724. The van der Waals surface area contributed by atoms with E-state index in [9.17, 15) is 0 Å². The molecule has 0 unspecified atom stereocenters. The van der Waals surface area contributed by atoms with Gasteiger partial charge in [0.1, 0.15) is 13.2 Å². The van der Waals surface area contributed by atoms with Gasteiger partial charge in [-0.05, 0) is 24.3 Å². The van der Waals surface area contributed by atoms with Crippen LogP contribution in [0.15, 0.2) is 48.5 Å². The molecule has 0 atom stereocenters. The Balaban J connectivity index is 0.000000552. The molecular weight excluding hydrogens is 379 g/mol. The Morgan fingerprint density at radius 1 is 0.690 bits per heavy atom. The van der Waals surface area contributed by atoms with Gasteiger partial charge in [0.2, 0.25) is 0 Å². The van der Waals surface area contributed by atoms with Gasteiger partial charge in [0.15, 0.2) is 0 Å². The molecule has 0 amide bonds. The molecule has 0 aliphatic carbocycles. The van der Waals surface area contributed by atoms with Crippen molar-refractivity contribution in [2.45, 2.75) is 0 Å². The first kappa shape index (κ1) is 20.6. The van der Waals surface area contributed by atoms with Crippen LogP contribution in [0.25, 0.3) is 22.1 Å². The van der Waals surface area contributed by atoms with Crippen molar-refractivity contribution < 1.29 is 29.3 Å². The number of benzene rings is 2. The van der Waals surface area contributed by atoms with E-state index in [0.29, 0.717) is 38.4 Å². The van der Waals surface area contributed by atoms with Crippen LogP contribution in [0.4, 0.5) is 0 Å². The van der Waals surface area contributed by atoms with Crippen LogP contribution in [0.3, 0.4) is 0 Å². The van der Waals surface area contributed by atoms with Crippen LogP contribution in [-0.2, 0) is 4.74 Å². The van der Waals surface area contributed by atoms with Gasteiger partial charge in [0, 0.05) is 0 Å². The number of nitrogens with zero attached hydrogens (tertiary/aromatic N) is 2. The molecule has 0 bridgehead atoms. The first-order chi connectivity index (χ1) is 14.1. The minimum Gasteiger partial charge on any atom is -0.462 e. The van der Waals surface area contributed by atoms with Gasteiger partial charge in [0.25, 0.3) is 12.0 Å². The number of nitrogens with one attached hydrogen (secondary N) is 2. The predicted molar refractivity (Wildman–Crippen MR) is 106 cm³/mol. The van der Waals surface area contributed by atoms with Crippen LogP contribution in [0.2, 0.25) is 0 Å². The molecule has 10 nitrogen and oxygen atoms in total. The smallest absolute Gasteiger partial charge is 0.462 e. The topological polar surface area (TPSA) is 146 Å². The summed E-state index contributed by atoms with van der Waals surface area (Å²) in [6.45, 7) is 1.76. The van der Waals surface area contributed by atoms with Crippen molar-refractivity contribution in [1.82, 2.24) is 19.9 Å². The van der Waals surface area contributed by atoms with E-state index in [-0.39, 0.29) is 0 Å². The van der Waals surface area contributed by atoms with Gasteiger partial charge in [-0.25, -0.2) is 0 Å². The Bertz CT molecular complexity index is 875. The number of H-pyrrole nitrogens is 2. The molecule has 0 spiro atoms. The fraction of sp³-hybridized carbons (Fsp3) is 0.222. The molecule has 0 aliphatic heterocycles. The van der Waals surface area contributed by atoms with Crippen LogP contribution in [0.1, 0.15) is 0 Å². The van der Waals surface area contributed by atoms with E-state index in [1.54, 1.807) is 0 Å². The van der Waals surface area contributed by atoms with Crippen molar-refractivity contribution >= 4 is 29.4 Å². The normalized spacial score (nSPS) is 10.6. The summed E-state index contributed by atoms with van der Waals surface area (Å²) in [6, 6.07) is 16.6. The maximum atomic E-state index is 7.17. The summed E-state index contributed by atoms with van der Waals surface area (Å²) < 4.78 is 16.6. The van der Waals surface area contributed by atoms with Crippen molar-refractivity contribution in [2.75, 3.05) is 26.4 Å². The molecule has 152 valence electrons. The number of fused-ring (bicyclic) bond motifs is 2. The molecule has 4 aromatic rings. The Morgan fingerprint density at radius 2 is 1.10 bits per heavy atom. The van der Waals surface area contributed by atoms with Gasteiger partial charge in [-0.2, -0.15) is 9.97 Å². The number of hydrogen-bond donors (Lipinski definition) is 5. The lowest BCUT2D eigenvalue weighted by Gasteiger charge is -2.05. The Hall–Kier alpha value is -3.12. The molecule has 29 heavy (non-hydrogen) atoms. The Morgan fingerprint density at radius 3 is 1.52 bits per heavy atom.